The number of carbonyl (C=O) groups excluding carboxylic acids is 1. The summed E-state index contributed by atoms with van der Waals surface area (Å²) in [6.07, 6.45) is 1.41. The van der Waals surface area contributed by atoms with Gasteiger partial charge in [-0.25, -0.2) is 0 Å². The first-order valence-electron chi connectivity index (χ1n) is 6.26. The van der Waals surface area contributed by atoms with Gasteiger partial charge in [0, 0.05) is 18.0 Å². The molecule has 1 atom stereocenters. The third kappa shape index (κ3) is 3.06. The van der Waals surface area contributed by atoms with E-state index in [9.17, 15) is 14.7 Å². The van der Waals surface area contributed by atoms with Gasteiger partial charge in [-0.2, -0.15) is 0 Å². The number of H-pyrrole nitrogens is 1. The third-order valence-electron chi connectivity index (χ3n) is 3.04. The minimum Gasteiger partial charge on any atom is -0.508 e. The van der Waals surface area contributed by atoms with Crippen molar-refractivity contribution >= 4 is 5.91 Å². The van der Waals surface area contributed by atoms with Crippen LogP contribution in [0.25, 0.3) is 0 Å². The molecule has 20 heavy (non-hydrogen) atoms. The Balaban J connectivity index is 2.15. The molecule has 0 fully saturated rings. The van der Waals surface area contributed by atoms with E-state index >= 15 is 0 Å². The van der Waals surface area contributed by atoms with Crippen molar-refractivity contribution in [1.82, 2.24) is 10.3 Å². The Morgan fingerprint density at radius 1 is 1.30 bits per heavy atom. The highest BCUT2D eigenvalue weighted by Gasteiger charge is 2.14. The smallest absolute Gasteiger partial charge is 0.257 e. The minimum atomic E-state index is -0.424. The molecule has 0 saturated heterocycles. The monoisotopic (exact) mass is 272 g/mol. The number of hydrogen-bond acceptors (Lipinski definition) is 3. The minimum absolute atomic E-state index is 0.0845. The van der Waals surface area contributed by atoms with Crippen LogP contribution in [0, 0.1) is 6.92 Å². The van der Waals surface area contributed by atoms with Crippen LogP contribution < -0.4 is 10.7 Å². The number of amides is 1. The lowest BCUT2D eigenvalue weighted by atomic mass is 10.1. The maximum absolute atomic E-state index is 12.0. The van der Waals surface area contributed by atoms with Gasteiger partial charge in [-0.3, -0.25) is 9.59 Å². The van der Waals surface area contributed by atoms with Crippen LogP contribution in [-0.2, 0) is 0 Å². The Hall–Kier alpha value is -2.56. The molecule has 5 heteroatoms. The number of aromatic hydroxyl groups is 1. The van der Waals surface area contributed by atoms with Crippen LogP contribution >= 0.6 is 0 Å². The van der Waals surface area contributed by atoms with Gasteiger partial charge in [-0.1, -0.05) is 12.1 Å². The number of pyridine rings is 1. The van der Waals surface area contributed by atoms with Crippen LogP contribution in [0.3, 0.4) is 0 Å². The number of aryl methyl sites for hydroxylation is 1. The molecule has 1 aromatic carbocycles. The van der Waals surface area contributed by atoms with Crippen LogP contribution in [0.5, 0.6) is 5.75 Å². The molecule has 0 aliphatic carbocycles. The van der Waals surface area contributed by atoms with Crippen molar-refractivity contribution in [2.24, 2.45) is 0 Å². The van der Waals surface area contributed by atoms with E-state index in [-0.39, 0.29) is 22.8 Å². The molecule has 1 heterocycles. The van der Waals surface area contributed by atoms with Crippen molar-refractivity contribution in [2.45, 2.75) is 19.9 Å². The first-order valence-corrected chi connectivity index (χ1v) is 6.26. The van der Waals surface area contributed by atoms with Gasteiger partial charge in [0.1, 0.15) is 11.3 Å². The van der Waals surface area contributed by atoms with Crippen LogP contribution in [-0.4, -0.2) is 16.0 Å². The summed E-state index contributed by atoms with van der Waals surface area (Å²) < 4.78 is 0. The fourth-order valence-corrected chi connectivity index (χ4v) is 1.87. The molecule has 0 radical (unpaired) electrons. The quantitative estimate of drug-likeness (QED) is 0.797. The maximum Gasteiger partial charge on any atom is 0.257 e. The summed E-state index contributed by atoms with van der Waals surface area (Å²) in [5, 5.41) is 12.0. The summed E-state index contributed by atoms with van der Waals surface area (Å²) in [6, 6.07) is 7.68. The molecule has 1 aromatic heterocycles. The van der Waals surface area contributed by atoms with Crippen molar-refractivity contribution in [3.05, 3.63) is 63.6 Å². The number of aromatic nitrogens is 1. The Bertz CT molecular complexity index is 674. The summed E-state index contributed by atoms with van der Waals surface area (Å²) >= 11 is 0. The highest BCUT2D eigenvalue weighted by molar-refractivity contribution is 5.94. The number of phenols is 1. The van der Waals surface area contributed by atoms with Gasteiger partial charge >= 0.3 is 0 Å². The van der Waals surface area contributed by atoms with Crippen molar-refractivity contribution < 1.29 is 9.90 Å². The summed E-state index contributed by atoms with van der Waals surface area (Å²) in [7, 11) is 0. The Kier molecular flexibility index (Phi) is 3.89. The van der Waals surface area contributed by atoms with Crippen molar-refractivity contribution in [1.29, 1.82) is 0 Å². The van der Waals surface area contributed by atoms with Gasteiger partial charge in [0.15, 0.2) is 5.43 Å². The lowest BCUT2D eigenvalue weighted by molar-refractivity contribution is 0.0938. The van der Waals surface area contributed by atoms with Crippen LogP contribution in [0.1, 0.15) is 34.6 Å². The Labute approximate surface area is 116 Å². The average Bonchev–Trinajstić information content (AvgIpc) is 2.39. The molecule has 0 aliphatic rings. The van der Waals surface area contributed by atoms with E-state index in [0.717, 1.165) is 5.56 Å². The van der Waals surface area contributed by atoms with E-state index in [2.05, 4.69) is 10.3 Å². The molecule has 0 saturated carbocycles. The summed E-state index contributed by atoms with van der Waals surface area (Å²) in [5.74, 6) is -0.255. The van der Waals surface area contributed by atoms with Gasteiger partial charge in [-0.05, 0) is 31.5 Å². The molecule has 2 rings (SSSR count). The first-order chi connectivity index (χ1) is 9.47. The van der Waals surface area contributed by atoms with Crippen molar-refractivity contribution in [3.8, 4) is 5.75 Å². The number of phenolic OH excluding ortho intramolecular Hbond substituents is 1. The van der Waals surface area contributed by atoms with Crippen LogP contribution in [0.2, 0.25) is 0 Å². The summed E-state index contributed by atoms with van der Waals surface area (Å²) in [5.41, 5.74) is 1.33. The average molecular weight is 272 g/mol. The summed E-state index contributed by atoms with van der Waals surface area (Å²) in [6.45, 7) is 3.56. The molecule has 0 aliphatic heterocycles. The Morgan fingerprint density at radius 2 is 1.95 bits per heavy atom. The molecular formula is C15H16N2O3. The molecule has 104 valence electrons. The molecule has 3 N–H and O–H groups in total. The normalized spacial score (nSPS) is 11.9. The topological polar surface area (TPSA) is 82.2 Å². The predicted octanol–water partition coefficient (Wildman–Crippen LogP) is 1.88. The molecular weight excluding hydrogens is 256 g/mol. The first kappa shape index (κ1) is 13.9. The van der Waals surface area contributed by atoms with Gasteiger partial charge in [0.05, 0.1) is 6.04 Å². The molecule has 1 amide bonds. The maximum atomic E-state index is 12.0. The molecule has 5 nitrogen and oxygen atoms in total. The van der Waals surface area contributed by atoms with E-state index in [1.54, 1.807) is 31.2 Å². The highest BCUT2D eigenvalue weighted by Crippen LogP contribution is 2.16. The second kappa shape index (κ2) is 5.61. The van der Waals surface area contributed by atoms with E-state index in [0.29, 0.717) is 5.69 Å². The van der Waals surface area contributed by atoms with Crippen molar-refractivity contribution in [2.75, 3.05) is 0 Å². The summed E-state index contributed by atoms with van der Waals surface area (Å²) in [4.78, 5) is 26.6. The molecule has 2 aromatic rings. The fourth-order valence-electron chi connectivity index (χ4n) is 1.87. The van der Waals surface area contributed by atoms with Crippen LogP contribution in [0.15, 0.2) is 41.3 Å². The van der Waals surface area contributed by atoms with E-state index in [1.807, 2.05) is 6.92 Å². The second-order valence-electron chi connectivity index (χ2n) is 4.68. The van der Waals surface area contributed by atoms with E-state index in [1.165, 1.54) is 12.3 Å². The number of benzene rings is 1. The molecule has 0 bridgehead atoms. The lowest BCUT2D eigenvalue weighted by Crippen LogP contribution is -2.30. The largest absolute Gasteiger partial charge is 0.508 e. The van der Waals surface area contributed by atoms with Crippen LogP contribution in [0.4, 0.5) is 0 Å². The number of rotatable bonds is 3. The fraction of sp³-hybridized carbons (Fsp3) is 0.200. The predicted molar refractivity (Wildman–Crippen MR) is 75.8 cm³/mol. The third-order valence-corrected chi connectivity index (χ3v) is 3.04. The van der Waals surface area contributed by atoms with Gasteiger partial charge in [0.25, 0.3) is 5.91 Å². The number of aromatic amines is 1. The number of nitrogens with one attached hydrogen (secondary N) is 2. The second-order valence-corrected chi connectivity index (χ2v) is 4.68. The zero-order valence-corrected chi connectivity index (χ0v) is 11.3. The standard InChI is InChI=1S/C15H16N2O3/c1-9-7-14(19)13(8-16-9)15(20)17-10(2)11-3-5-12(18)6-4-11/h3-8,10,18H,1-2H3,(H,16,19)(H,17,20). The van der Waals surface area contributed by atoms with Gasteiger partial charge < -0.3 is 15.4 Å². The molecule has 0 spiro atoms. The van der Waals surface area contributed by atoms with Crippen molar-refractivity contribution in [3.63, 3.8) is 0 Å². The number of hydrogen-bond donors (Lipinski definition) is 3. The number of carbonyl (C=O) groups is 1. The van der Waals surface area contributed by atoms with Gasteiger partial charge in [-0.15, -0.1) is 0 Å². The van der Waals surface area contributed by atoms with Gasteiger partial charge in [0.2, 0.25) is 0 Å². The SMILES string of the molecule is Cc1cc(=O)c(C(=O)NC(C)c2ccc(O)cc2)c[nH]1. The lowest BCUT2D eigenvalue weighted by Gasteiger charge is -2.14. The Morgan fingerprint density at radius 3 is 2.55 bits per heavy atom. The highest BCUT2D eigenvalue weighted by atomic mass is 16.3. The van der Waals surface area contributed by atoms with E-state index < -0.39 is 5.91 Å². The molecule has 1 unspecified atom stereocenters. The zero-order valence-electron chi connectivity index (χ0n) is 11.3. The zero-order chi connectivity index (χ0) is 14.7. The van der Waals surface area contributed by atoms with E-state index in [4.69, 9.17) is 0 Å².